The fourth-order valence-electron chi connectivity index (χ4n) is 3.75. The van der Waals surface area contributed by atoms with Gasteiger partial charge in [0.1, 0.15) is 6.04 Å². The molecule has 1 unspecified atom stereocenters. The molecule has 8 nitrogen and oxygen atoms in total. The van der Waals surface area contributed by atoms with Crippen LogP contribution < -0.4 is 5.32 Å². The first-order chi connectivity index (χ1) is 14.4. The van der Waals surface area contributed by atoms with Gasteiger partial charge in [-0.2, -0.15) is 0 Å². The van der Waals surface area contributed by atoms with Crippen LogP contribution in [0.15, 0.2) is 30.5 Å². The predicted molar refractivity (Wildman–Crippen MR) is 114 cm³/mol. The van der Waals surface area contributed by atoms with Gasteiger partial charge in [0.25, 0.3) is 0 Å². The van der Waals surface area contributed by atoms with Crippen molar-refractivity contribution >= 4 is 28.8 Å². The topological polar surface area (TPSA) is 94.7 Å². The smallest absolute Gasteiger partial charge is 0.328 e. The number of carbonyl (C=O) groups is 3. The summed E-state index contributed by atoms with van der Waals surface area (Å²) in [4.78, 5) is 43.7. The van der Waals surface area contributed by atoms with Crippen LogP contribution in [0.2, 0.25) is 0 Å². The summed E-state index contributed by atoms with van der Waals surface area (Å²) >= 11 is 0. The van der Waals surface area contributed by atoms with E-state index in [-0.39, 0.29) is 17.9 Å². The molecule has 3 amide bonds. The summed E-state index contributed by atoms with van der Waals surface area (Å²) < 4.78 is 4.77. The summed E-state index contributed by atoms with van der Waals surface area (Å²) in [5, 5.41) is 3.90. The Balaban J connectivity index is 1.48. The molecule has 1 atom stereocenters. The minimum Gasteiger partial charge on any atom is -0.467 e. The van der Waals surface area contributed by atoms with E-state index < -0.39 is 12.0 Å². The van der Waals surface area contributed by atoms with Gasteiger partial charge in [0, 0.05) is 49.7 Å². The highest BCUT2D eigenvalue weighted by atomic mass is 16.5. The summed E-state index contributed by atoms with van der Waals surface area (Å²) in [6.07, 6.45) is 3.08. The number of aromatic amines is 1. The Kier molecular flexibility index (Phi) is 6.97. The number of fused-ring (bicyclic) bond motifs is 1. The van der Waals surface area contributed by atoms with Gasteiger partial charge in [-0.3, -0.25) is 4.79 Å². The molecule has 1 aromatic carbocycles. The lowest BCUT2D eigenvalue weighted by atomic mass is 10.1. The van der Waals surface area contributed by atoms with Crippen LogP contribution in [0, 0.1) is 5.92 Å². The molecule has 8 heteroatoms. The number of nitrogens with one attached hydrogen (secondary N) is 2. The summed E-state index contributed by atoms with van der Waals surface area (Å²) in [7, 11) is 1.31. The van der Waals surface area contributed by atoms with E-state index in [1.807, 2.05) is 38.2 Å². The largest absolute Gasteiger partial charge is 0.467 e. The molecule has 1 saturated heterocycles. The third-order valence-corrected chi connectivity index (χ3v) is 5.60. The number of amides is 3. The maximum atomic E-state index is 12.6. The molecule has 1 aliphatic rings. The second-order valence-electron chi connectivity index (χ2n) is 7.92. The van der Waals surface area contributed by atoms with E-state index in [0.717, 1.165) is 16.5 Å². The van der Waals surface area contributed by atoms with Crippen molar-refractivity contribution in [3.8, 4) is 0 Å². The van der Waals surface area contributed by atoms with Crippen LogP contribution in [0.4, 0.5) is 4.79 Å². The van der Waals surface area contributed by atoms with Crippen LogP contribution in [0.25, 0.3) is 10.9 Å². The van der Waals surface area contributed by atoms with Gasteiger partial charge < -0.3 is 24.8 Å². The molecule has 0 saturated carbocycles. The third-order valence-electron chi connectivity index (χ3n) is 5.60. The number of esters is 1. The van der Waals surface area contributed by atoms with Crippen molar-refractivity contribution in [2.75, 3.05) is 33.3 Å². The Morgan fingerprint density at radius 1 is 1.10 bits per heavy atom. The number of piperazine rings is 1. The Bertz CT molecular complexity index is 899. The monoisotopic (exact) mass is 414 g/mol. The number of ether oxygens (including phenoxy) is 1. The zero-order chi connectivity index (χ0) is 21.7. The molecule has 0 spiro atoms. The van der Waals surface area contributed by atoms with Gasteiger partial charge in [0.2, 0.25) is 5.91 Å². The van der Waals surface area contributed by atoms with Crippen molar-refractivity contribution in [2.45, 2.75) is 32.7 Å². The second kappa shape index (κ2) is 9.65. The number of rotatable bonds is 6. The van der Waals surface area contributed by atoms with Crippen molar-refractivity contribution in [3.05, 3.63) is 36.0 Å². The predicted octanol–water partition coefficient (Wildman–Crippen LogP) is 2.15. The summed E-state index contributed by atoms with van der Waals surface area (Å²) in [6, 6.07) is 7.08. The van der Waals surface area contributed by atoms with Crippen LogP contribution in [-0.4, -0.2) is 72.0 Å². The van der Waals surface area contributed by atoms with Crippen LogP contribution in [-0.2, 0) is 20.7 Å². The third kappa shape index (κ3) is 4.93. The molecule has 2 N–H and O–H groups in total. The number of nitrogens with zero attached hydrogens (tertiary/aromatic N) is 2. The van der Waals surface area contributed by atoms with Gasteiger partial charge in [0.05, 0.1) is 7.11 Å². The van der Waals surface area contributed by atoms with Crippen LogP contribution in [0.1, 0.15) is 25.8 Å². The molecular weight excluding hydrogens is 384 g/mol. The molecule has 1 aliphatic heterocycles. The minimum absolute atomic E-state index is 0.0752. The number of urea groups is 1. The van der Waals surface area contributed by atoms with E-state index in [2.05, 4.69) is 16.4 Å². The van der Waals surface area contributed by atoms with Crippen molar-refractivity contribution in [1.82, 2.24) is 20.1 Å². The molecule has 1 aromatic heterocycles. The van der Waals surface area contributed by atoms with Gasteiger partial charge in [0.15, 0.2) is 0 Å². The summed E-state index contributed by atoms with van der Waals surface area (Å²) in [6.45, 7) is 5.57. The van der Waals surface area contributed by atoms with Gasteiger partial charge in [-0.15, -0.1) is 0 Å². The molecule has 1 fully saturated rings. The summed E-state index contributed by atoms with van der Waals surface area (Å²) in [5.41, 5.74) is 2.21. The Hall–Kier alpha value is -3.03. The number of benzene rings is 1. The van der Waals surface area contributed by atoms with Crippen molar-refractivity contribution in [1.29, 1.82) is 0 Å². The van der Waals surface area contributed by atoms with E-state index in [1.165, 1.54) is 7.11 Å². The molecule has 2 heterocycles. The van der Waals surface area contributed by atoms with E-state index in [1.54, 1.807) is 9.80 Å². The highest BCUT2D eigenvalue weighted by Crippen LogP contribution is 2.19. The second-order valence-corrected chi connectivity index (χ2v) is 7.92. The molecular formula is C22H30N4O4. The number of para-hydroxylation sites is 1. The molecule has 0 aliphatic carbocycles. The minimum atomic E-state index is -0.682. The Labute approximate surface area is 176 Å². The van der Waals surface area contributed by atoms with E-state index in [9.17, 15) is 14.4 Å². The average molecular weight is 415 g/mol. The maximum Gasteiger partial charge on any atom is 0.328 e. The summed E-state index contributed by atoms with van der Waals surface area (Å²) in [5.74, 6) is -0.437. The first kappa shape index (κ1) is 21.7. The zero-order valence-corrected chi connectivity index (χ0v) is 17.8. The number of methoxy groups -OCH3 is 1. The lowest BCUT2D eigenvalue weighted by Gasteiger charge is -2.35. The SMILES string of the molecule is COC(=O)C(NC(=O)N1CCN(C(=O)CCc2c[nH]c3ccccc23)CC1)C(C)C. The van der Waals surface area contributed by atoms with E-state index >= 15 is 0 Å². The normalized spacial score (nSPS) is 15.3. The standard InChI is InChI=1S/C22H30N4O4/c1-15(2)20(21(28)30-3)24-22(29)26-12-10-25(11-13-26)19(27)9-8-16-14-23-18-7-5-4-6-17(16)18/h4-7,14-15,20,23H,8-13H2,1-3H3,(H,24,29). The average Bonchev–Trinajstić information content (AvgIpc) is 3.18. The molecule has 0 radical (unpaired) electrons. The molecule has 162 valence electrons. The number of H-pyrrole nitrogens is 1. The fourth-order valence-corrected chi connectivity index (χ4v) is 3.75. The van der Waals surface area contributed by atoms with Gasteiger partial charge in [-0.05, 0) is 24.0 Å². The van der Waals surface area contributed by atoms with E-state index in [0.29, 0.717) is 39.0 Å². The van der Waals surface area contributed by atoms with Crippen molar-refractivity contribution in [2.24, 2.45) is 5.92 Å². The van der Waals surface area contributed by atoms with Crippen molar-refractivity contribution < 1.29 is 19.1 Å². The quantitative estimate of drug-likeness (QED) is 0.708. The van der Waals surface area contributed by atoms with Gasteiger partial charge >= 0.3 is 12.0 Å². The van der Waals surface area contributed by atoms with E-state index in [4.69, 9.17) is 4.74 Å². The molecule has 30 heavy (non-hydrogen) atoms. The lowest BCUT2D eigenvalue weighted by molar-refractivity contribution is -0.144. The first-order valence-electron chi connectivity index (χ1n) is 10.4. The van der Waals surface area contributed by atoms with Gasteiger partial charge in [-0.1, -0.05) is 32.0 Å². The zero-order valence-electron chi connectivity index (χ0n) is 17.8. The lowest BCUT2D eigenvalue weighted by Crippen LogP contribution is -2.56. The Morgan fingerprint density at radius 2 is 1.77 bits per heavy atom. The number of hydrogen-bond acceptors (Lipinski definition) is 4. The first-order valence-corrected chi connectivity index (χ1v) is 10.4. The molecule has 0 bridgehead atoms. The van der Waals surface area contributed by atoms with Crippen molar-refractivity contribution in [3.63, 3.8) is 0 Å². The van der Waals surface area contributed by atoms with Crippen LogP contribution in [0.3, 0.4) is 0 Å². The molecule has 3 rings (SSSR count). The maximum absolute atomic E-state index is 12.6. The fraction of sp³-hybridized carbons (Fsp3) is 0.500. The number of carbonyl (C=O) groups excluding carboxylic acids is 3. The number of aryl methyl sites for hydroxylation is 1. The van der Waals surface area contributed by atoms with Gasteiger partial charge in [-0.25, -0.2) is 9.59 Å². The number of aromatic nitrogens is 1. The van der Waals surface area contributed by atoms with Crippen LogP contribution in [0.5, 0.6) is 0 Å². The number of hydrogen-bond donors (Lipinski definition) is 2. The Morgan fingerprint density at radius 3 is 2.43 bits per heavy atom. The molecule has 2 aromatic rings. The van der Waals surface area contributed by atoms with Crippen LogP contribution >= 0.6 is 0 Å². The highest BCUT2D eigenvalue weighted by Gasteiger charge is 2.29. The highest BCUT2D eigenvalue weighted by molar-refractivity contribution is 5.85.